The number of benzene rings is 1. The first-order chi connectivity index (χ1) is 9.79. The van der Waals surface area contributed by atoms with E-state index in [9.17, 15) is 4.79 Å². The molecule has 0 saturated heterocycles. The zero-order chi connectivity index (χ0) is 13.5. The van der Waals surface area contributed by atoms with E-state index in [-0.39, 0.29) is 5.97 Å². The van der Waals surface area contributed by atoms with E-state index in [0.29, 0.717) is 18.7 Å². The van der Waals surface area contributed by atoms with E-state index in [4.69, 9.17) is 4.74 Å². The normalized spacial score (nSPS) is 13.5. The number of aromatic nitrogens is 3. The Balaban J connectivity index is 1.70. The van der Waals surface area contributed by atoms with Gasteiger partial charge < -0.3 is 9.30 Å². The van der Waals surface area contributed by atoms with Crippen LogP contribution in [0.1, 0.15) is 11.1 Å². The molecule has 1 aromatic carbocycles. The summed E-state index contributed by atoms with van der Waals surface area (Å²) in [6, 6.07) is 9.63. The molecule has 0 radical (unpaired) electrons. The van der Waals surface area contributed by atoms with Crippen molar-refractivity contribution in [2.24, 2.45) is 0 Å². The summed E-state index contributed by atoms with van der Waals surface area (Å²) in [5.41, 5.74) is 3.80. The van der Waals surface area contributed by atoms with Crippen LogP contribution in [0.25, 0.3) is 11.2 Å². The Morgan fingerprint density at radius 1 is 1.25 bits per heavy atom. The Morgan fingerprint density at radius 3 is 3.15 bits per heavy atom. The van der Waals surface area contributed by atoms with Crippen LogP contribution in [0, 0.1) is 0 Å². The Morgan fingerprint density at radius 2 is 2.20 bits per heavy atom. The second-order valence-electron chi connectivity index (χ2n) is 4.81. The minimum atomic E-state index is -0.188. The first-order valence-electron chi connectivity index (χ1n) is 6.38. The monoisotopic (exact) mass is 265 g/mol. The third kappa shape index (κ3) is 1.75. The van der Waals surface area contributed by atoms with Gasteiger partial charge in [-0.25, -0.2) is 9.97 Å². The number of hydrogen-bond acceptors (Lipinski definition) is 4. The lowest BCUT2D eigenvalue weighted by Crippen LogP contribution is -2.00. The molecule has 3 heterocycles. The summed E-state index contributed by atoms with van der Waals surface area (Å²) in [5.74, 6) is 0.485. The summed E-state index contributed by atoms with van der Waals surface area (Å²) < 4.78 is 7.09. The van der Waals surface area contributed by atoms with Crippen LogP contribution < -0.4 is 4.74 Å². The van der Waals surface area contributed by atoms with Gasteiger partial charge in [0.05, 0.1) is 19.3 Å². The van der Waals surface area contributed by atoms with Crippen molar-refractivity contribution < 1.29 is 9.53 Å². The highest BCUT2D eigenvalue weighted by atomic mass is 16.5. The molecule has 98 valence electrons. The lowest BCUT2D eigenvalue weighted by Gasteiger charge is -2.05. The predicted octanol–water partition coefficient (Wildman–Crippen LogP) is 1.94. The molecule has 0 spiro atoms. The number of esters is 1. The van der Waals surface area contributed by atoms with Gasteiger partial charge in [0.2, 0.25) is 0 Å². The van der Waals surface area contributed by atoms with Gasteiger partial charge in [0, 0.05) is 11.8 Å². The minimum Gasteiger partial charge on any atom is -0.426 e. The SMILES string of the molecule is O=C1Cc2cc(Cn3cnc4cccnc43)ccc2O1. The number of imidazole rings is 1. The molecule has 20 heavy (non-hydrogen) atoms. The van der Waals surface area contributed by atoms with Gasteiger partial charge >= 0.3 is 5.97 Å². The molecule has 0 N–H and O–H groups in total. The molecule has 0 aliphatic carbocycles. The number of carbonyl (C=O) groups is 1. The molecule has 0 bridgehead atoms. The number of fused-ring (bicyclic) bond motifs is 2. The first kappa shape index (κ1) is 11.2. The van der Waals surface area contributed by atoms with E-state index in [2.05, 4.69) is 9.97 Å². The van der Waals surface area contributed by atoms with Gasteiger partial charge in [0.15, 0.2) is 5.65 Å². The van der Waals surface area contributed by atoms with E-state index in [1.807, 2.05) is 34.9 Å². The summed E-state index contributed by atoms with van der Waals surface area (Å²) in [6.45, 7) is 0.676. The third-order valence-corrected chi connectivity index (χ3v) is 3.41. The lowest BCUT2D eigenvalue weighted by molar-refractivity contribution is -0.131. The Hall–Kier alpha value is -2.69. The molecular formula is C15H11N3O2. The minimum absolute atomic E-state index is 0.188. The van der Waals surface area contributed by atoms with Crippen molar-refractivity contribution in [2.75, 3.05) is 0 Å². The van der Waals surface area contributed by atoms with Crippen molar-refractivity contribution in [1.82, 2.24) is 14.5 Å². The van der Waals surface area contributed by atoms with Gasteiger partial charge in [-0.1, -0.05) is 6.07 Å². The zero-order valence-corrected chi connectivity index (χ0v) is 10.6. The fraction of sp³-hybridized carbons (Fsp3) is 0.133. The number of nitrogens with zero attached hydrogens (tertiary/aromatic N) is 3. The van der Waals surface area contributed by atoms with Gasteiger partial charge in [-0.3, -0.25) is 4.79 Å². The van der Waals surface area contributed by atoms with Crippen LogP contribution in [0.4, 0.5) is 0 Å². The molecule has 0 fully saturated rings. The molecule has 0 unspecified atom stereocenters. The highest BCUT2D eigenvalue weighted by Crippen LogP contribution is 2.27. The Labute approximate surface area is 114 Å². The van der Waals surface area contributed by atoms with Crippen molar-refractivity contribution >= 4 is 17.1 Å². The second-order valence-corrected chi connectivity index (χ2v) is 4.81. The van der Waals surface area contributed by atoms with Crippen LogP contribution in [0.3, 0.4) is 0 Å². The summed E-state index contributed by atoms with van der Waals surface area (Å²) in [5, 5.41) is 0. The van der Waals surface area contributed by atoms with Crippen LogP contribution >= 0.6 is 0 Å². The summed E-state index contributed by atoms with van der Waals surface area (Å²) in [4.78, 5) is 19.9. The molecule has 4 rings (SSSR count). The average Bonchev–Trinajstić information content (AvgIpc) is 3.02. The van der Waals surface area contributed by atoms with Crippen molar-refractivity contribution in [3.63, 3.8) is 0 Å². The van der Waals surface area contributed by atoms with Crippen LogP contribution in [0.5, 0.6) is 5.75 Å². The maximum atomic E-state index is 11.3. The van der Waals surface area contributed by atoms with Gasteiger partial charge in [0.25, 0.3) is 0 Å². The summed E-state index contributed by atoms with van der Waals surface area (Å²) in [7, 11) is 0. The molecule has 0 saturated carbocycles. The fourth-order valence-electron chi connectivity index (χ4n) is 2.49. The number of carbonyl (C=O) groups excluding carboxylic acids is 1. The van der Waals surface area contributed by atoms with E-state index >= 15 is 0 Å². The second kappa shape index (κ2) is 4.16. The van der Waals surface area contributed by atoms with Crippen LogP contribution in [-0.2, 0) is 17.8 Å². The largest absolute Gasteiger partial charge is 0.426 e. The zero-order valence-electron chi connectivity index (χ0n) is 10.6. The first-order valence-corrected chi connectivity index (χ1v) is 6.38. The smallest absolute Gasteiger partial charge is 0.315 e. The van der Waals surface area contributed by atoms with E-state index in [0.717, 1.165) is 22.3 Å². The standard InChI is InChI=1S/C15H11N3O2/c19-14-7-11-6-10(3-4-13(11)20-14)8-18-9-17-12-2-1-5-16-15(12)18/h1-6,9H,7-8H2. The fourth-order valence-corrected chi connectivity index (χ4v) is 2.49. The number of rotatable bonds is 2. The van der Waals surface area contributed by atoms with Gasteiger partial charge in [-0.15, -0.1) is 0 Å². The van der Waals surface area contributed by atoms with Crippen LogP contribution in [-0.4, -0.2) is 20.5 Å². The molecule has 5 heteroatoms. The summed E-state index contributed by atoms with van der Waals surface area (Å²) in [6.07, 6.45) is 3.90. The molecule has 3 aromatic rings. The predicted molar refractivity (Wildman–Crippen MR) is 72.4 cm³/mol. The molecule has 1 aliphatic rings. The molecule has 2 aromatic heterocycles. The number of hydrogen-bond donors (Lipinski definition) is 0. The average molecular weight is 265 g/mol. The van der Waals surface area contributed by atoms with Crippen molar-refractivity contribution in [1.29, 1.82) is 0 Å². The highest BCUT2D eigenvalue weighted by molar-refractivity contribution is 5.81. The highest BCUT2D eigenvalue weighted by Gasteiger charge is 2.20. The molecule has 1 aliphatic heterocycles. The quantitative estimate of drug-likeness (QED) is 0.525. The lowest BCUT2D eigenvalue weighted by atomic mass is 10.1. The molecule has 0 atom stereocenters. The number of pyridine rings is 1. The Bertz CT molecular complexity index is 823. The van der Waals surface area contributed by atoms with Crippen LogP contribution in [0.15, 0.2) is 42.9 Å². The van der Waals surface area contributed by atoms with Crippen LogP contribution in [0.2, 0.25) is 0 Å². The van der Waals surface area contributed by atoms with Gasteiger partial charge in [-0.2, -0.15) is 0 Å². The third-order valence-electron chi connectivity index (χ3n) is 3.41. The van der Waals surface area contributed by atoms with Crippen molar-refractivity contribution in [3.05, 3.63) is 54.0 Å². The molecule has 5 nitrogen and oxygen atoms in total. The maximum absolute atomic E-state index is 11.3. The van der Waals surface area contributed by atoms with Gasteiger partial charge in [-0.05, 0) is 29.8 Å². The number of ether oxygens (including phenoxy) is 1. The van der Waals surface area contributed by atoms with E-state index < -0.39 is 0 Å². The summed E-state index contributed by atoms with van der Waals surface area (Å²) >= 11 is 0. The van der Waals surface area contributed by atoms with E-state index in [1.165, 1.54) is 0 Å². The topological polar surface area (TPSA) is 57.0 Å². The van der Waals surface area contributed by atoms with Crippen molar-refractivity contribution in [3.8, 4) is 5.75 Å². The maximum Gasteiger partial charge on any atom is 0.315 e. The van der Waals surface area contributed by atoms with Gasteiger partial charge in [0.1, 0.15) is 11.3 Å². The van der Waals surface area contributed by atoms with E-state index in [1.54, 1.807) is 12.5 Å². The molecule has 0 amide bonds. The Kier molecular flexibility index (Phi) is 2.32. The van der Waals surface area contributed by atoms with Crippen molar-refractivity contribution in [2.45, 2.75) is 13.0 Å². The molecular weight excluding hydrogens is 254 g/mol.